The molecule has 1 atom stereocenters. The maximum atomic E-state index is 12.4. The summed E-state index contributed by atoms with van der Waals surface area (Å²) in [5.74, 6) is 0.575. The van der Waals surface area contributed by atoms with Crippen LogP contribution in [0.1, 0.15) is 36.1 Å². The first-order chi connectivity index (χ1) is 9.20. The highest BCUT2D eigenvalue weighted by atomic mass is 32.1. The highest BCUT2D eigenvalue weighted by Gasteiger charge is 2.36. The molecular formula is C14H22F3NOS. The van der Waals surface area contributed by atoms with Crippen LogP contribution < -0.4 is 5.32 Å². The van der Waals surface area contributed by atoms with E-state index < -0.39 is 12.3 Å². The molecule has 0 saturated heterocycles. The van der Waals surface area contributed by atoms with Gasteiger partial charge < -0.3 is 10.1 Å². The molecule has 1 unspecified atom stereocenters. The standard InChI is InChI=1S/C14H22F3NOS/c1-9(2)6-18-7-13-5-12(10(3)20-13)8-19-11(4)14(15,16)17/h5,9,11,18H,6-8H2,1-4H3. The van der Waals surface area contributed by atoms with Gasteiger partial charge in [0.05, 0.1) is 6.61 Å². The molecule has 0 aliphatic heterocycles. The van der Waals surface area contributed by atoms with E-state index in [1.165, 1.54) is 0 Å². The molecule has 6 heteroatoms. The third kappa shape index (κ3) is 5.81. The van der Waals surface area contributed by atoms with Gasteiger partial charge in [-0.25, -0.2) is 0 Å². The second-order valence-corrected chi connectivity index (χ2v) is 6.65. The third-order valence-electron chi connectivity index (χ3n) is 2.87. The van der Waals surface area contributed by atoms with Gasteiger partial charge in [0.25, 0.3) is 0 Å². The molecule has 0 saturated carbocycles. The zero-order valence-corrected chi connectivity index (χ0v) is 13.1. The number of hydrogen-bond donors (Lipinski definition) is 1. The van der Waals surface area contributed by atoms with Gasteiger partial charge in [0.1, 0.15) is 0 Å². The lowest BCUT2D eigenvalue weighted by Gasteiger charge is -2.16. The van der Waals surface area contributed by atoms with E-state index in [1.54, 1.807) is 11.3 Å². The molecular weight excluding hydrogens is 287 g/mol. The van der Waals surface area contributed by atoms with Crippen molar-refractivity contribution in [2.75, 3.05) is 6.54 Å². The first-order valence-corrected chi connectivity index (χ1v) is 7.49. The summed E-state index contributed by atoms with van der Waals surface area (Å²) >= 11 is 1.60. The fraction of sp³-hybridized carbons (Fsp3) is 0.714. The fourth-order valence-corrected chi connectivity index (χ4v) is 2.63. The zero-order chi connectivity index (χ0) is 15.3. The van der Waals surface area contributed by atoms with Crippen LogP contribution in [0.4, 0.5) is 13.2 Å². The number of ether oxygens (including phenoxy) is 1. The van der Waals surface area contributed by atoms with Crippen molar-refractivity contribution in [2.45, 2.75) is 53.1 Å². The van der Waals surface area contributed by atoms with E-state index in [2.05, 4.69) is 19.2 Å². The SMILES string of the molecule is Cc1sc(CNCC(C)C)cc1COC(C)C(F)(F)F. The Balaban J connectivity index is 2.49. The van der Waals surface area contributed by atoms with E-state index in [0.29, 0.717) is 5.92 Å². The largest absolute Gasteiger partial charge is 0.414 e. The van der Waals surface area contributed by atoms with Crippen molar-refractivity contribution in [1.29, 1.82) is 0 Å². The minimum Gasteiger partial charge on any atom is -0.364 e. The Labute approximate surface area is 122 Å². The van der Waals surface area contributed by atoms with Crippen molar-refractivity contribution in [3.63, 3.8) is 0 Å². The number of alkyl halides is 3. The highest BCUT2D eigenvalue weighted by Crippen LogP contribution is 2.26. The number of rotatable bonds is 7. The molecule has 0 aliphatic rings. The summed E-state index contributed by atoms with van der Waals surface area (Å²) in [4.78, 5) is 2.14. The molecule has 0 bridgehead atoms. The van der Waals surface area contributed by atoms with Gasteiger partial charge in [-0.1, -0.05) is 13.8 Å². The average Bonchev–Trinajstić information content (AvgIpc) is 2.65. The van der Waals surface area contributed by atoms with Crippen LogP contribution >= 0.6 is 11.3 Å². The summed E-state index contributed by atoms with van der Waals surface area (Å²) in [6, 6.07) is 1.93. The summed E-state index contributed by atoms with van der Waals surface area (Å²) in [6.07, 6.45) is -6.03. The molecule has 1 N–H and O–H groups in total. The zero-order valence-electron chi connectivity index (χ0n) is 12.3. The van der Waals surface area contributed by atoms with E-state index in [4.69, 9.17) is 4.74 Å². The average molecular weight is 309 g/mol. The Morgan fingerprint density at radius 3 is 2.50 bits per heavy atom. The van der Waals surface area contributed by atoms with Crippen LogP contribution in [0.25, 0.3) is 0 Å². The smallest absolute Gasteiger partial charge is 0.364 e. The lowest BCUT2D eigenvalue weighted by molar-refractivity contribution is -0.217. The molecule has 1 aromatic rings. The predicted molar refractivity (Wildman–Crippen MR) is 75.9 cm³/mol. The lowest BCUT2D eigenvalue weighted by Crippen LogP contribution is -2.28. The van der Waals surface area contributed by atoms with Crippen molar-refractivity contribution in [1.82, 2.24) is 5.32 Å². The number of nitrogens with one attached hydrogen (secondary N) is 1. The normalized spacial score (nSPS) is 14.0. The minimum atomic E-state index is -4.30. The highest BCUT2D eigenvalue weighted by molar-refractivity contribution is 7.12. The Kier molecular flexibility index (Phi) is 6.48. The molecule has 116 valence electrons. The molecule has 1 aromatic heterocycles. The maximum Gasteiger partial charge on any atom is 0.414 e. The molecule has 0 aliphatic carbocycles. The first kappa shape index (κ1) is 17.5. The quantitative estimate of drug-likeness (QED) is 0.812. The molecule has 0 amide bonds. The van der Waals surface area contributed by atoms with Crippen LogP contribution in [-0.4, -0.2) is 18.8 Å². The summed E-state index contributed by atoms with van der Waals surface area (Å²) in [5.41, 5.74) is 0.840. The van der Waals surface area contributed by atoms with Crippen molar-refractivity contribution in [3.8, 4) is 0 Å². The molecule has 0 aromatic carbocycles. The second kappa shape index (κ2) is 7.43. The molecule has 1 rings (SSSR count). The van der Waals surface area contributed by atoms with Gasteiger partial charge in [0, 0.05) is 16.3 Å². The fourth-order valence-electron chi connectivity index (χ4n) is 1.61. The summed E-state index contributed by atoms with van der Waals surface area (Å²) in [6.45, 7) is 8.88. The van der Waals surface area contributed by atoms with Crippen molar-refractivity contribution >= 4 is 11.3 Å². The van der Waals surface area contributed by atoms with E-state index in [0.717, 1.165) is 35.3 Å². The van der Waals surface area contributed by atoms with Crippen LogP contribution in [0.2, 0.25) is 0 Å². The molecule has 0 radical (unpaired) electrons. The maximum absolute atomic E-state index is 12.4. The van der Waals surface area contributed by atoms with Crippen LogP contribution in [0, 0.1) is 12.8 Å². The molecule has 1 heterocycles. The van der Waals surface area contributed by atoms with E-state index in [9.17, 15) is 13.2 Å². The van der Waals surface area contributed by atoms with Crippen LogP contribution in [0.15, 0.2) is 6.07 Å². The number of halogens is 3. The van der Waals surface area contributed by atoms with Gasteiger partial charge in [-0.05, 0) is 37.9 Å². The van der Waals surface area contributed by atoms with Crippen molar-refractivity contribution < 1.29 is 17.9 Å². The van der Waals surface area contributed by atoms with E-state index >= 15 is 0 Å². The number of hydrogen-bond acceptors (Lipinski definition) is 3. The third-order valence-corrected chi connectivity index (χ3v) is 3.97. The predicted octanol–water partition coefficient (Wildman–Crippen LogP) is 4.27. The Bertz CT molecular complexity index is 415. The van der Waals surface area contributed by atoms with Crippen molar-refractivity contribution in [3.05, 3.63) is 21.4 Å². The molecule has 2 nitrogen and oxygen atoms in total. The minimum absolute atomic E-state index is 0.00713. The Hall–Kier alpha value is -0.590. The lowest BCUT2D eigenvalue weighted by atomic mass is 10.2. The second-order valence-electron chi connectivity index (χ2n) is 5.31. The van der Waals surface area contributed by atoms with Gasteiger partial charge in [0.2, 0.25) is 0 Å². The van der Waals surface area contributed by atoms with Gasteiger partial charge in [-0.15, -0.1) is 11.3 Å². The topological polar surface area (TPSA) is 21.3 Å². The van der Waals surface area contributed by atoms with Crippen LogP contribution in [0.3, 0.4) is 0 Å². The summed E-state index contributed by atoms with van der Waals surface area (Å²) in [5, 5.41) is 3.32. The van der Waals surface area contributed by atoms with Gasteiger partial charge in [0.15, 0.2) is 6.10 Å². The summed E-state index contributed by atoms with van der Waals surface area (Å²) in [7, 11) is 0. The van der Waals surface area contributed by atoms with Gasteiger partial charge in [-0.3, -0.25) is 0 Å². The molecule has 0 spiro atoms. The monoisotopic (exact) mass is 309 g/mol. The first-order valence-electron chi connectivity index (χ1n) is 6.67. The summed E-state index contributed by atoms with van der Waals surface area (Å²) < 4.78 is 42.0. The van der Waals surface area contributed by atoms with E-state index in [1.807, 2.05) is 13.0 Å². The van der Waals surface area contributed by atoms with Crippen LogP contribution in [0.5, 0.6) is 0 Å². The van der Waals surface area contributed by atoms with Gasteiger partial charge >= 0.3 is 6.18 Å². The van der Waals surface area contributed by atoms with Gasteiger partial charge in [-0.2, -0.15) is 13.2 Å². The number of aryl methyl sites for hydroxylation is 1. The van der Waals surface area contributed by atoms with E-state index in [-0.39, 0.29) is 6.61 Å². The molecule has 20 heavy (non-hydrogen) atoms. The molecule has 0 fully saturated rings. The van der Waals surface area contributed by atoms with Crippen LogP contribution in [-0.2, 0) is 17.9 Å². The Morgan fingerprint density at radius 1 is 1.30 bits per heavy atom. The van der Waals surface area contributed by atoms with Crippen molar-refractivity contribution in [2.24, 2.45) is 5.92 Å². The number of thiophene rings is 1. The Morgan fingerprint density at radius 2 is 1.95 bits per heavy atom.